The van der Waals surface area contributed by atoms with Gasteiger partial charge >= 0.3 is 0 Å². The number of fused-ring (bicyclic) bond motifs is 1. The van der Waals surface area contributed by atoms with Crippen LogP contribution in [0, 0.1) is 57.5 Å². The summed E-state index contributed by atoms with van der Waals surface area (Å²) in [6.07, 6.45) is 1.26. The van der Waals surface area contributed by atoms with Gasteiger partial charge in [-0.25, -0.2) is 8.78 Å². The molecule has 9 nitrogen and oxygen atoms in total. The van der Waals surface area contributed by atoms with Crippen molar-refractivity contribution in [3.63, 3.8) is 0 Å². The number of hydrogen-bond acceptors (Lipinski definition) is 5. The number of nitriles is 1. The predicted octanol–water partition coefficient (Wildman–Crippen LogP) is 2.62. The molecule has 2 saturated heterocycles. The van der Waals surface area contributed by atoms with Crippen molar-refractivity contribution in [3.8, 4) is 6.07 Å². The number of nitrogens with zero attached hydrogens (tertiary/aromatic N) is 2. The van der Waals surface area contributed by atoms with E-state index in [1.807, 2.05) is 20.8 Å². The number of rotatable bonds is 8. The maximum atomic E-state index is 14.1. The smallest absolute Gasteiger partial charge is 0.246 e. The lowest BCUT2D eigenvalue weighted by Crippen LogP contribution is -2.60. The number of halogens is 2. The maximum absolute atomic E-state index is 14.1. The molecule has 0 aromatic heterocycles. The highest BCUT2D eigenvalue weighted by molar-refractivity contribution is 5.95. The van der Waals surface area contributed by atoms with Crippen LogP contribution >= 0.6 is 0 Å². The summed E-state index contributed by atoms with van der Waals surface area (Å²) in [7, 11) is 0. The second kappa shape index (κ2) is 10.6. The van der Waals surface area contributed by atoms with Crippen molar-refractivity contribution in [1.82, 2.24) is 20.9 Å². The van der Waals surface area contributed by atoms with E-state index in [0.717, 1.165) is 12.1 Å². The van der Waals surface area contributed by atoms with Crippen LogP contribution in [0.3, 0.4) is 0 Å². The highest BCUT2D eigenvalue weighted by Gasteiger charge is 2.70. The van der Waals surface area contributed by atoms with E-state index in [2.05, 4.69) is 35.9 Å². The van der Waals surface area contributed by atoms with Crippen molar-refractivity contribution in [2.45, 2.75) is 77.9 Å². The maximum Gasteiger partial charge on any atom is 0.246 e. The van der Waals surface area contributed by atoms with Crippen molar-refractivity contribution in [2.24, 2.45) is 34.5 Å². The van der Waals surface area contributed by atoms with Crippen LogP contribution in [-0.4, -0.2) is 59.7 Å². The van der Waals surface area contributed by atoms with Gasteiger partial charge in [-0.3, -0.25) is 19.2 Å². The summed E-state index contributed by atoms with van der Waals surface area (Å²) in [5.74, 6) is -4.25. The molecule has 11 heteroatoms. The number of carbonyl (C=O) groups is 4. The van der Waals surface area contributed by atoms with Gasteiger partial charge in [0.05, 0.1) is 6.07 Å². The largest absolute Gasteiger partial charge is 0.356 e. The average molecular weight is 584 g/mol. The van der Waals surface area contributed by atoms with E-state index in [4.69, 9.17) is 0 Å². The monoisotopic (exact) mass is 583 g/mol. The highest BCUT2D eigenvalue weighted by Crippen LogP contribution is 2.65. The Bertz CT molecular complexity index is 1350. The number of likely N-dealkylation sites (tertiary alicyclic amines) is 1. The van der Waals surface area contributed by atoms with Gasteiger partial charge in [-0.15, -0.1) is 0 Å². The number of piperidine rings is 1. The predicted molar refractivity (Wildman–Crippen MR) is 148 cm³/mol. The lowest BCUT2D eigenvalue weighted by atomic mass is 9.85. The third-order valence-corrected chi connectivity index (χ3v) is 9.81. The van der Waals surface area contributed by atoms with E-state index in [1.54, 1.807) is 4.90 Å². The molecular weight excluding hydrogens is 544 g/mol. The Kier molecular flexibility index (Phi) is 7.57. The molecule has 0 spiro atoms. The summed E-state index contributed by atoms with van der Waals surface area (Å²) in [5, 5.41) is 18.2. The van der Waals surface area contributed by atoms with Crippen LogP contribution < -0.4 is 16.0 Å². The lowest BCUT2D eigenvalue weighted by molar-refractivity contribution is -0.145. The van der Waals surface area contributed by atoms with Gasteiger partial charge in [-0.05, 0) is 65.5 Å². The molecule has 1 aromatic rings. The summed E-state index contributed by atoms with van der Waals surface area (Å²) in [5.41, 5.74) is -0.306. The molecule has 226 valence electrons. The Labute approximate surface area is 244 Å². The van der Waals surface area contributed by atoms with Gasteiger partial charge in [0.2, 0.25) is 23.6 Å². The van der Waals surface area contributed by atoms with Crippen LogP contribution in [0.25, 0.3) is 0 Å². The normalized spacial score (nSPS) is 30.4. The molecule has 3 N–H and O–H groups in total. The van der Waals surface area contributed by atoms with Crippen LogP contribution in [0.15, 0.2) is 18.2 Å². The Morgan fingerprint density at radius 2 is 1.88 bits per heavy atom. The summed E-state index contributed by atoms with van der Waals surface area (Å²) >= 11 is 0. The van der Waals surface area contributed by atoms with Crippen LogP contribution in [0.2, 0.25) is 0 Å². The Hall–Kier alpha value is -3.55. The summed E-state index contributed by atoms with van der Waals surface area (Å²) < 4.78 is 27.1. The van der Waals surface area contributed by atoms with E-state index in [-0.39, 0.29) is 53.2 Å². The van der Waals surface area contributed by atoms with Crippen molar-refractivity contribution < 1.29 is 28.0 Å². The van der Waals surface area contributed by atoms with Gasteiger partial charge in [0.1, 0.15) is 18.1 Å². The number of benzene rings is 1. The topological polar surface area (TPSA) is 131 Å². The van der Waals surface area contributed by atoms with Crippen LogP contribution in [0.5, 0.6) is 0 Å². The number of carbonyl (C=O) groups excluding carboxylic acids is 4. The molecule has 5 rings (SSSR count). The van der Waals surface area contributed by atoms with Crippen molar-refractivity contribution in [1.29, 1.82) is 5.26 Å². The molecular formula is C31H39F2N5O4. The van der Waals surface area contributed by atoms with Crippen LogP contribution in [0.4, 0.5) is 8.78 Å². The zero-order chi connectivity index (χ0) is 30.7. The van der Waals surface area contributed by atoms with E-state index < -0.39 is 47.0 Å². The van der Waals surface area contributed by atoms with Crippen molar-refractivity contribution >= 4 is 23.6 Å². The number of amides is 4. The minimum Gasteiger partial charge on any atom is -0.356 e. The first-order valence-electron chi connectivity index (χ1n) is 14.7. The first-order valence-corrected chi connectivity index (χ1v) is 14.7. The summed E-state index contributed by atoms with van der Waals surface area (Å²) in [6, 6.07) is 3.12. The zero-order valence-corrected chi connectivity index (χ0v) is 24.7. The van der Waals surface area contributed by atoms with E-state index in [0.29, 0.717) is 31.5 Å². The SMILES string of the molecule is CC(C)(C)C(NC(=O)[C@@H]1C[C@H]1c1ccc(F)c(F)c1)C(=O)N1CC2C(C1C(=O)N[C@H](C#N)CC1CCNC1=O)C2(C)C. The Morgan fingerprint density at radius 3 is 2.48 bits per heavy atom. The first kappa shape index (κ1) is 29.9. The standard InChI is InChI=1S/C31H39F2N5O4/c1-30(2,3)25(37-27(40)19-12-18(19)15-6-7-21(32)22(33)11-15)29(42)38-14-20-23(31(20,4)5)24(38)28(41)36-17(13-34)10-16-8-9-35-26(16)39/h6-7,11,16-20,23-25H,8-10,12,14H2,1-5H3,(H,35,39)(H,36,41)(H,37,40)/t16?,17-,18-,19+,20?,23?,24?,25?/m0/s1. The lowest BCUT2D eigenvalue weighted by Gasteiger charge is -2.38. The molecule has 5 unspecified atom stereocenters. The fraction of sp³-hybridized carbons (Fsp3) is 0.645. The third kappa shape index (κ3) is 5.48. The molecule has 8 atom stereocenters. The molecule has 2 heterocycles. The molecule has 4 fully saturated rings. The second-order valence-electron chi connectivity index (χ2n) is 14.0. The number of hydrogen-bond donors (Lipinski definition) is 3. The van der Waals surface area contributed by atoms with Gasteiger partial charge in [0.15, 0.2) is 11.6 Å². The summed E-state index contributed by atoms with van der Waals surface area (Å²) in [4.78, 5) is 54.6. The highest BCUT2D eigenvalue weighted by atomic mass is 19.2. The molecule has 4 amide bonds. The quantitative estimate of drug-likeness (QED) is 0.433. The molecule has 4 aliphatic rings. The number of nitrogens with one attached hydrogen (secondary N) is 3. The van der Waals surface area contributed by atoms with Gasteiger partial charge < -0.3 is 20.9 Å². The molecule has 2 saturated carbocycles. The second-order valence-corrected chi connectivity index (χ2v) is 14.0. The van der Waals surface area contributed by atoms with Crippen molar-refractivity contribution in [2.75, 3.05) is 13.1 Å². The van der Waals surface area contributed by atoms with Crippen molar-refractivity contribution in [3.05, 3.63) is 35.4 Å². The van der Waals surface area contributed by atoms with E-state index >= 15 is 0 Å². The van der Waals surface area contributed by atoms with Crippen LogP contribution in [0.1, 0.15) is 65.4 Å². The Morgan fingerprint density at radius 1 is 1.17 bits per heavy atom. The molecule has 0 bridgehead atoms. The first-order chi connectivity index (χ1) is 19.6. The molecule has 0 radical (unpaired) electrons. The fourth-order valence-corrected chi connectivity index (χ4v) is 7.03. The van der Waals surface area contributed by atoms with E-state index in [1.165, 1.54) is 6.07 Å². The fourth-order valence-electron chi connectivity index (χ4n) is 7.03. The third-order valence-electron chi connectivity index (χ3n) is 9.81. The minimum absolute atomic E-state index is 0.0897. The van der Waals surface area contributed by atoms with E-state index in [9.17, 15) is 33.2 Å². The van der Waals surface area contributed by atoms with Crippen LogP contribution in [-0.2, 0) is 19.2 Å². The average Bonchev–Trinajstić information content (AvgIpc) is 3.67. The molecule has 42 heavy (non-hydrogen) atoms. The zero-order valence-electron chi connectivity index (χ0n) is 24.7. The minimum atomic E-state index is -0.966. The Balaban J connectivity index is 1.30. The van der Waals surface area contributed by atoms with Gasteiger partial charge in [0, 0.05) is 24.9 Å². The molecule has 2 aliphatic heterocycles. The molecule has 1 aromatic carbocycles. The summed E-state index contributed by atoms with van der Waals surface area (Å²) in [6.45, 7) is 10.5. The van der Waals surface area contributed by atoms with Gasteiger partial charge in [-0.1, -0.05) is 40.7 Å². The molecule has 2 aliphatic carbocycles. The van der Waals surface area contributed by atoms with Gasteiger partial charge in [-0.2, -0.15) is 5.26 Å². The van der Waals surface area contributed by atoms with Gasteiger partial charge in [0.25, 0.3) is 0 Å².